The Morgan fingerprint density at radius 1 is 1.00 bits per heavy atom. The summed E-state index contributed by atoms with van der Waals surface area (Å²) in [7, 11) is -1.93. The zero-order valence-corrected chi connectivity index (χ0v) is 19.8. The lowest BCUT2D eigenvalue weighted by molar-refractivity contribution is 0.00578. The third-order valence-electron chi connectivity index (χ3n) is 6.03. The van der Waals surface area contributed by atoms with E-state index in [0.717, 1.165) is 17.8 Å². The van der Waals surface area contributed by atoms with Crippen molar-refractivity contribution in [2.24, 2.45) is 0 Å². The molecule has 0 radical (unpaired) electrons. The minimum absolute atomic E-state index is 0.266. The highest BCUT2D eigenvalue weighted by Crippen LogP contribution is 2.37. The van der Waals surface area contributed by atoms with Crippen LogP contribution >= 0.6 is 11.8 Å². The first-order valence-electron chi connectivity index (χ1n) is 9.48. The summed E-state index contributed by atoms with van der Waals surface area (Å²) >= 11 is 1.84. The maximum absolute atomic E-state index is 6.24. The third-order valence-corrected chi connectivity index (χ3v) is 11.5. The largest absolute Gasteiger partial charge is 0.494 e. The van der Waals surface area contributed by atoms with E-state index in [-0.39, 0.29) is 23.4 Å². The Balaban J connectivity index is 1.85. The van der Waals surface area contributed by atoms with E-state index in [1.807, 2.05) is 11.8 Å². The number of hydrogen-bond donors (Lipinski definition) is 0. The Morgan fingerprint density at radius 2 is 1.50 bits per heavy atom. The van der Waals surface area contributed by atoms with Crippen molar-refractivity contribution in [3.05, 3.63) is 24.3 Å². The average molecular weight is 394 g/mol. The molecule has 1 fully saturated rings. The molecule has 0 amide bonds. The summed E-state index contributed by atoms with van der Waals surface area (Å²) in [5.41, 5.74) is 0.476. The van der Waals surface area contributed by atoms with Crippen LogP contribution in [0.25, 0.3) is 0 Å². The van der Waals surface area contributed by atoms with Crippen molar-refractivity contribution in [2.75, 3.05) is 12.4 Å². The van der Waals surface area contributed by atoms with Gasteiger partial charge in [0.05, 0.1) is 11.2 Å². The van der Waals surface area contributed by atoms with Gasteiger partial charge in [0.15, 0.2) is 8.32 Å². The quantitative estimate of drug-likeness (QED) is 0.381. The Bertz CT molecular complexity index is 592. The summed E-state index contributed by atoms with van der Waals surface area (Å²) in [5.74, 6) is 0.975. The van der Waals surface area contributed by atoms with Crippen molar-refractivity contribution in [3.8, 4) is 0 Å². The van der Waals surface area contributed by atoms with E-state index in [1.165, 1.54) is 4.90 Å². The molecule has 26 heavy (non-hydrogen) atoms. The normalized spacial score (nSPS) is 19.8. The smallest absolute Gasteiger partial charge is 0.416 e. The zero-order chi connectivity index (χ0) is 19.8. The highest BCUT2D eigenvalue weighted by molar-refractivity contribution is 7.99. The molecule has 0 atom stereocenters. The van der Waals surface area contributed by atoms with E-state index in [4.69, 9.17) is 13.7 Å². The number of rotatable bonds is 6. The number of hydrogen-bond acceptors (Lipinski definition) is 4. The van der Waals surface area contributed by atoms with Crippen LogP contribution in [0.15, 0.2) is 29.2 Å². The first-order chi connectivity index (χ1) is 11.8. The van der Waals surface area contributed by atoms with Gasteiger partial charge >= 0.3 is 7.12 Å². The summed E-state index contributed by atoms with van der Waals surface area (Å²) in [5, 5.41) is 0.266. The lowest BCUT2D eigenvalue weighted by Gasteiger charge is -2.36. The molecule has 2 rings (SSSR count). The molecule has 0 spiro atoms. The third kappa shape index (κ3) is 4.96. The summed E-state index contributed by atoms with van der Waals surface area (Å²) in [6.45, 7) is 20.6. The van der Waals surface area contributed by atoms with Gasteiger partial charge in [-0.3, -0.25) is 0 Å². The van der Waals surface area contributed by atoms with Gasteiger partial charge in [-0.15, -0.1) is 11.8 Å². The van der Waals surface area contributed by atoms with Crippen molar-refractivity contribution in [1.29, 1.82) is 0 Å². The second-order valence-corrected chi connectivity index (χ2v) is 15.6. The fourth-order valence-corrected chi connectivity index (χ4v) is 4.30. The van der Waals surface area contributed by atoms with Gasteiger partial charge in [0.2, 0.25) is 0 Å². The van der Waals surface area contributed by atoms with Gasteiger partial charge in [0.25, 0.3) is 0 Å². The van der Waals surface area contributed by atoms with Gasteiger partial charge in [0, 0.05) is 17.3 Å². The number of benzene rings is 1. The molecule has 6 heteroatoms. The minimum atomic E-state index is -1.64. The van der Waals surface area contributed by atoms with Crippen LogP contribution in [0.3, 0.4) is 0 Å². The van der Waals surface area contributed by atoms with E-state index in [0.29, 0.717) is 0 Å². The van der Waals surface area contributed by atoms with Gasteiger partial charge in [-0.2, -0.15) is 0 Å². The van der Waals surface area contributed by atoms with E-state index >= 15 is 0 Å². The molecule has 0 aliphatic carbocycles. The maximum atomic E-state index is 6.24. The lowest BCUT2D eigenvalue weighted by Crippen LogP contribution is -2.41. The van der Waals surface area contributed by atoms with E-state index in [1.54, 1.807) is 0 Å². The maximum Gasteiger partial charge on any atom is 0.494 e. The van der Waals surface area contributed by atoms with Crippen LogP contribution in [0.1, 0.15) is 48.5 Å². The van der Waals surface area contributed by atoms with Crippen molar-refractivity contribution in [3.63, 3.8) is 0 Å². The van der Waals surface area contributed by atoms with Gasteiger partial charge in [0.1, 0.15) is 0 Å². The van der Waals surface area contributed by atoms with E-state index in [2.05, 4.69) is 85.8 Å². The molecule has 0 N–H and O–H groups in total. The minimum Gasteiger partial charge on any atom is -0.416 e. The summed E-state index contributed by atoms with van der Waals surface area (Å²) in [6.07, 6.45) is 0. The highest BCUT2D eigenvalue weighted by atomic mass is 32.2. The Labute approximate surface area is 165 Å². The lowest BCUT2D eigenvalue weighted by atomic mass is 9.79. The molecule has 0 saturated carbocycles. The molecular formula is C20H35BO3SSi. The Morgan fingerprint density at radius 3 is 1.96 bits per heavy atom. The summed E-state index contributed by atoms with van der Waals surface area (Å²) < 4.78 is 18.5. The van der Waals surface area contributed by atoms with Gasteiger partial charge in [-0.05, 0) is 63.4 Å². The van der Waals surface area contributed by atoms with Crippen molar-refractivity contribution in [1.82, 2.24) is 0 Å². The van der Waals surface area contributed by atoms with Gasteiger partial charge in [-0.25, -0.2) is 0 Å². The predicted octanol–water partition coefficient (Wildman–Crippen LogP) is 5.10. The predicted molar refractivity (Wildman–Crippen MR) is 116 cm³/mol. The van der Waals surface area contributed by atoms with Gasteiger partial charge < -0.3 is 13.7 Å². The Hall–Kier alpha value is -0.268. The van der Waals surface area contributed by atoms with Crippen LogP contribution in [0.5, 0.6) is 0 Å². The summed E-state index contributed by atoms with van der Waals surface area (Å²) in [4.78, 5) is 1.25. The van der Waals surface area contributed by atoms with Gasteiger partial charge in [-0.1, -0.05) is 32.9 Å². The molecule has 1 aliphatic rings. The molecule has 146 valence electrons. The molecule has 1 heterocycles. The second-order valence-electron chi connectivity index (χ2n) is 9.61. The van der Waals surface area contributed by atoms with Crippen LogP contribution in [0.4, 0.5) is 0 Å². The molecule has 1 aromatic carbocycles. The summed E-state index contributed by atoms with van der Waals surface area (Å²) in [6, 6.07) is 8.52. The monoisotopic (exact) mass is 394 g/mol. The highest BCUT2D eigenvalue weighted by Gasteiger charge is 2.51. The topological polar surface area (TPSA) is 27.7 Å². The van der Waals surface area contributed by atoms with E-state index in [9.17, 15) is 0 Å². The van der Waals surface area contributed by atoms with Crippen LogP contribution in [0, 0.1) is 0 Å². The first-order valence-corrected chi connectivity index (χ1v) is 13.4. The molecule has 1 saturated heterocycles. The Kier molecular flexibility index (Phi) is 6.46. The van der Waals surface area contributed by atoms with Crippen LogP contribution in [0.2, 0.25) is 18.1 Å². The molecule has 3 nitrogen and oxygen atoms in total. The second kappa shape index (κ2) is 7.63. The van der Waals surface area contributed by atoms with Crippen molar-refractivity contribution < 1.29 is 13.7 Å². The van der Waals surface area contributed by atoms with Crippen LogP contribution in [-0.2, 0) is 13.7 Å². The SMILES string of the molecule is CC1(C)OB(c2ccc(SCCO[Si](C)(C)C(C)(C)C)cc2)OC1(C)C. The number of thioether (sulfide) groups is 1. The molecule has 0 aromatic heterocycles. The average Bonchev–Trinajstić information content (AvgIpc) is 2.71. The molecule has 0 unspecified atom stereocenters. The van der Waals surface area contributed by atoms with Crippen molar-refractivity contribution >= 4 is 32.7 Å². The zero-order valence-electron chi connectivity index (χ0n) is 17.9. The van der Waals surface area contributed by atoms with Crippen molar-refractivity contribution in [2.45, 2.75) is 82.7 Å². The first kappa shape index (κ1) is 22.0. The molecule has 0 bridgehead atoms. The molecular weight excluding hydrogens is 359 g/mol. The molecule has 1 aliphatic heterocycles. The standard InChI is InChI=1S/C20H35BO3SSi/c1-18(2,3)26(8,9)22-14-15-25-17-12-10-16(11-13-17)21-23-19(4,5)20(6,7)24-21/h10-13H,14-15H2,1-9H3. The van der Waals surface area contributed by atoms with E-state index < -0.39 is 8.32 Å². The fourth-order valence-electron chi connectivity index (χ4n) is 2.37. The van der Waals surface area contributed by atoms with Crippen LogP contribution in [-0.4, -0.2) is 39.0 Å². The van der Waals surface area contributed by atoms with Crippen LogP contribution < -0.4 is 5.46 Å². The fraction of sp³-hybridized carbons (Fsp3) is 0.700. The molecule has 1 aromatic rings.